The Labute approximate surface area is 124 Å². The van der Waals surface area contributed by atoms with Gasteiger partial charge in [0.1, 0.15) is 0 Å². The molecule has 1 aliphatic rings. The summed E-state index contributed by atoms with van der Waals surface area (Å²) >= 11 is 3.50. The SMILES string of the molecule is CCCNC(Cc1cncc(Br)c1)C1CCOCC1. The molecule has 3 nitrogen and oxygen atoms in total. The van der Waals surface area contributed by atoms with Crippen molar-refractivity contribution in [1.82, 2.24) is 10.3 Å². The molecule has 1 fully saturated rings. The normalized spacial score (nSPS) is 18.4. The van der Waals surface area contributed by atoms with Gasteiger partial charge in [-0.05, 0) is 65.7 Å². The van der Waals surface area contributed by atoms with Crippen LogP contribution in [0.2, 0.25) is 0 Å². The molecule has 0 saturated carbocycles. The van der Waals surface area contributed by atoms with E-state index in [9.17, 15) is 0 Å². The zero-order valence-corrected chi connectivity index (χ0v) is 13.2. The topological polar surface area (TPSA) is 34.2 Å². The van der Waals surface area contributed by atoms with E-state index in [0.29, 0.717) is 6.04 Å². The summed E-state index contributed by atoms with van der Waals surface area (Å²) in [5.74, 6) is 0.722. The van der Waals surface area contributed by atoms with Gasteiger partial charge in [-0.2, -0.15) is 0 Å². The van der Waals surface area contributed by atoms with Crippen molar-refractivity contribution in [2.75, 3.05) is 19.8 Å². The largest absolute Gasteiger partial charge is 0.381 e. The highest BCUT2D eigenvalue weighted by Crippen LogP contribution is 2.22. The Morgan fingerprint density at radius 1 is 1.42 bits per heavy atom. The van der Waals surface area contributed by atoms with E-state index >= 15 is 0 Å². The molecule has 0 radical (unpaired) electrons. The summed E-state index contributed by atoms with van der Waals surface area (Å²) in [4.78, 5) is 4.26. The second kappa shape index (κ2) is 7.98. The molecule has 1 aromatic heterocycles. The maximum absolute atomic E-state index is 5.48. The Bertz CT molecular complexity index is 380. The molecule has 1 aliphatic heterocycles. The van der Waals surface area contributed by atoms with Gasteiger partial charge in [-0.15, -0.1) is 0 Å². The standard InChI is InChI=1S/C15H23BrN2O/c1-2-5-18-15(13-3-6-19-7-4-13)9-12-8-14(16)11-17-10-12/h8,10-11,13,15,18H,2-7,9H2,1H3. The van der Waals surface area contributed by atoms with E-state index in [1.54, 1.807) is 0 Å². The van der Waals surface area contributed by atoms with Crippen molar-refractivity contribution in [1.29, 1.82) is 0 Å². The Hall–Kier alpha value is -0.450. The lowest BCUT2D eigenvalue weighted by atomic mass is 9.88. The molecule has 0 aliphatic carbocycles. The number of nitrogens with one attached hydrogen (secondary N) is 1. The van der Waals surface area contributed by atoms with Crippen LogP contribution in [0, 0.1) is 5.92 Å². The molecule has 0 amide bonds. The van der Waals surface area contributed by atoms with Gasteiger partial charge in [-0.3, -0.25) is 4.98 Å². The van der Waals surface area contributed by atoms with Crippen molar-refractivity contribution in [3.63, 3.8) is 0 Å². The summed E-state index contributed by atoms with van der Waals surface area (Å²) in [5, 5.41) is 3.71. The molecule has 1 saturated heterocycles. The summed E-state index contributed by atoms with van der Waals surface area (Å²) in [7, 11) is 0. The van der Waals surface area contributed by atoms with Crippen LogP contribution in [0.1, 0.15) is 31.7 Å². The Morgan fingerprint density at radius 3 is 2.89 bits per heavy atom. The number of nitrogens with zero attached hydrogens (tertiary/aromatic N) is 1. The average molecular weight is 327 g/mol. The van der Waals surface area contributed by atoms with Gasteiger partial charge in [0.15, 0.2) is 0 Å². The fourth-order valence-corrected chi connectivity index (χ4v) is 3.09. The molecular formula is C15H23BrN2O. The first-order valence-electron chi connectivity index (χ1n) is 7.20. The van der Waals surface area contributed by atoms with Crippen molar-refractivity contribution in [3.8, 4) is 0 Å². The summed E-state index contributed by atoms with van der Waals surface area (Å²) in [5.41, 5.74) is 1.30. The predicted octanol–water partition coefficient (Wildman–Crippen LogP) is 3.18. The lowest BCUT2D eigenvalue weighted by molar-refractivity contribution is 0.0537. The highest BCUT2D eigenvalue weighted by molar-refractivity contribution is 9.10. The Balaban J connectivity index is 1.99. The highest BCUT2D eigenvalue weighted by Gasteiger charge is 2.23. The first-order chi connectivity index (χ1) is 9.29. The molecular weight excluding hydrogens is 304 g/mol. The zero-order chi connectivity index (χ0) is 13.5. The lowest BCUT2D eigenvalue weighted by Crippen LogP contribution is -2.41. The van der Waals surface area contributed by atoms with Crippen LogP contribution in [0.4, 0.5) is 0 Å². The molecule has 2 heterocycles. The number of pyridine rings is 1. The van der Waals surface area contributed by atoms with Crippen LogP contribution in [0.5, 0.6) is 0 Å². The second-order valence-electron chi connectivity index (χ2n) is 5.23. The van der Waals surface area contributed by atoms with E-state index in [4.69, 9.17) is 4.74 Å². The minimum atomic E-state index is 0.542. The summed E-state index contributed by atoms with van der Waals surface area (Å²) in [6.07, 6.45) is 8.39. The van der Waals surface area contributed by atoms with E-state index < -0.39 is 0 Å². The molecule has 1 atom stereocenters. The van der Waals surface area contributed by atoms with Gasteiger partial charge in [-0.1, -0.05) is 6.92 Å². The summed E-state index contributed by atoms with van der Waals surface area (Å²) < 4.78 is 6.54. The van der Waals surface area contributed by atoms with Crippen LogP contribution in [-0.4, -0.2) is 30.8 Å². The van der Waals surface area contributed by atoms with Gasteiger partial charge >= 0.3 is 0 Å². The maximum atomic E-state index is 5.48. The monoisotopic (exact) mass is 326 g/mol. The average Bonchev–Trinajstić information content (AvgIpc) is 2.44. The number of halogens is 1. The number of hydrogen-bond acceptors (Lipinski definition) is 3. The fourth-order valence-electron chi connectivity index (χ4n) is 2.67. The third-order valence-electron chi connectivity index (χ3n) is 3.71. The first kappa shape index (κ1) is 14.9. The van der Waals surface area contributed by atoms with Gasteiger partial charge in [0.05, 0.1) is 0 Å². The highest BCUT2D eigenvalue weighted by atomic mass is 79.9. The van der Waals surface area contributed by atoms with Crippen LogP contribution < -0.4 is 5.32 Å². The van der Waals surface area contributed by atoms with Crippen LogP contribution in [0.15, 0.2) is 22.9 Å². The van der Waals surface area contributed by atoms with Gasteiger partial charge in [0.25, 0.3) is 0 Å². The Morgan fingerprint density at radius 2 is 2.21 bits per heavy atom. The quantitative estimate of drug-likeness (QED) is 0.871. The Kier molecular flexibility index (Phi) is 6.28. The molecule has 1 unspecified atom stereocenters. The zero-order valence-electron chi connectivity index (χ0n) is 11.6. The third kappa shape index (κ3) is 4.86. The molecule has 4 heteroatoms. The molecule has 0 spiro atoms. The van der Waals surface area contributed by atoms with Crippen molar-refractivity contribution in [2.24, 2.45) is 5.92 Å². The molecule has 19 heavy (non-hydrogen) atoms. The van der Waals surface area contributed by atoms with Gasteiger partial charge in [0, 0.05) is 36.1 Å². The maximum Gasteiger partial charge on any atom is 0.0469 e. The fraction of sp³-hybridized carbons (Fsp3) is 0.667. The summed E-state index contributed by atoms with van der Waals surface area (Å²) in [6.45, 7) is 5.12. The van der Waals surface area contributed by atoms with Gasteiger partial charge < -0.3 is 10.1 Å². The molecule has 1 aromatic rings. The number of rotatable bonds is 6. The minimum absolute atomic E-state index is 0.542. The van der Waals surface area contributed by atoms with E-state index in [1.807, 2.05) is 12.4 Å². The number of ether oxygens (including phenoxy) is 1. The number of hydrogen-bond donors (Lipinski definition) is 1. The van der Waals surface area contributed by atoms with Crippen molar-refractivity contribution in [2.45, 2.75) is 38.6 Å². The van der Waals surface area contributed by atoms with Crippen LogP contribution in [0.25, 0.3) is 0 Å². The molecule has 106 valence electrons. The third-order valence-corrected chi connectivity index (χ3v) is 4.14. The molecule has 2 rings (SSSR count). The smallest absolute Gasteiger partial charge is 0.0469 e. The van der Waals surface area contributed by atoms with Gasteiger partial charge in [-0.25, -0.2) is 0 Å². The predicted molar refractivity (Wildman–Crippen MR) is 81.3 cm³/mol. The first-order valence-corrected chi connectivity index (χ1v) is 7.99. The minimum Gasteiger partial charge on any atom is -0.381 e. The molecule has 0 bridgehead atoms. The van der Waals surface area contributed by atoms with Crippen molar-refractivity contribution in [3.05, 3.63) is 28.5 Å². The van der Waals surface area contributed by atoms with E-state index in [-0.39, 0.29) is 0 Å². The van der Waals surface area contributed by atoms with Crippen molar-refractivity contribution >= 4 is 15.9 Å². The van der Waals surface area contributed by atoms with Crippen LogP contribution in [-0.2, 0) is 11.2 Å². The van der Waals surface area contributed by atoms with E-state index in [1.165, 1.54) is 24.8 Å². The van der Waals surface area contributed by atoms with Crippen LogP contribution in [0.3, 0.4) is 0 Å². The second-order valence-corrected chi connectivity index (χ2v) is 6.14. The van der Waals surface area contributed by atoms with Gasteiger partial charge in [0.2, 0.25) is 0 Å². The van der Waals surface area contributed by atoms with E-state index in [0.717, 1.165) is 36.6 Å². The molecule has 0 aromatic carbocycles. The number of aromatic nitrogens is 1. The summed E-state index contributed by atoms with van der Waals surface area (Å²) in [6, 6.07) is 2.72. The molecule has 1 N–H and O–H groups in total. The van der Waals surface area contributed by atoms with Crippen molar-refractivity contribution < 1.29 is 4.74 Å². The lowest BCUT2D eigenvalue weighted by Gasteiger charge is -2.31. The van der Waals surface area contributed by atoms with E-state index in [2.05, 4.69) is 39.2 Å². The van der Waals surface area contributed by atoms with Crippen LogP contribution >= 0.6 is 15.9 Å².